The Morgan fingerprint density at radius 1 is 0.786 bits per heavy atom. The Kier molecular flexibility index (Phi) is 11.6. The highest BCUT2D eigenvalue weighted by molar-refractivity contribution is 6.09. The average molecular weight is 581 g/mol. The number of benzene rings is 2. The maximum absolute atomic E-state index is 13.5. The van der Waals surface area contributed by atoms with Crippen LogP contribution in [0, 0.1) is 16.7 Å². The molecule has 0 aliphatic heterocycles. The molecule has 2 aromatic carbocycles. The zero-order valence-electron chi connectivity index (χ0n) is 25.9. The van der Waals surface area contributed by atoms with Gasteiger partial charge in [0.15, 0.2) is 12.5 Å². The van der Waals surface area contributed by atoms with Gasteiger partial charge in [0.25, 0.3) is 5.91 Å². The van der Waals surface area contributed by atoms with E-state index in [1.165, 1.54) is 0 Å². The van der Waals surface area contributed by atoms with Gasteiger partial charge in [-0.05, 0) is 31.4 Å². The van der Waals surface area contributed by atoms with E-state index in [1.54, 1.807) is 69.3 Å². The first-order chi connectivity index (χ1) is 19.5. The van der Waals surface area contributed by atoms with E-state index in [4.69, 9.17) is 5.73 Å². The van der Waals surface area contributed by atoms with E-state index >= 15 is 0 Å². The number of carbonyl (C=O) groups excluding carboxylic acids is 5. The smallest absolute Gasteiger partial charge is 0.252 e. The first-order valence-corrected chi connectivity index (χ1v) is 14.1. The Morgan fingerprint density at radius 2 is 1.33 bits per heavy atom. The van der Waals surface area contributed by atoms with Crippen molar-refractivity contribution in [3.63, 3.8) is 0 Å². The lowest BCUT2D eigenvalue weighted by Crippen LogP contribution is -2.52. The fourth-order valence-corrected chi connectivity index (χ4v) is 4.89. The zero-order chi connectivity index (χ0) is 31.7. The SMILES string of the molecule is CCC(CC(C)(CC(C)(C)C(=O)NC[N+](C)(C)C)C(=O)NCNC(=O)c1ccc(C(=O)c2ccccc2)cc1)C(N)=O. The van der Waals surface area contributed by atoms with Crippen LogP contribution < -0.4 is 21.7 Å². The normalized spacial score (nSPS) is 13.8. The van der Waals surface area contributed by atoms with Crippen LogP contribution in [-0.4, -0.2) is 68.4 Å². The third-order valence-corrected chi connectivity index (χ3v) is 7.24. The summed E-state index contributed by atoms with van der Waals surface area (Å²) in [7, 11) is 5.86. The lowest BCUT2D eigenvalue weighted by atomic mass is 9.68. The molecular weight excluding hydrogens is 534 g/mol. The van der Waals surface area contributed by atoms with E-state index in [9.17, 15) is 24.0 Å². The summed E-state index contributed by atoms with van der Waals surface area (Å²) in [6.07, 6.45) is 0.761. The number of primary amides is 1. The molecule has 0 aromatic heterocycles. The number of amides is 4. The molecule has 0 heterocycles. The third kappa shape index (κ3) is 9.80. The number of hydrogen-bond acceptors (Lipinski definition) is 5. The van der Waals surface area contributed by atoms with Crippen molar-refractivity contribution in [2.45, 2.75) is 47.0 Å². The summed E-state index contributed by atoms with van der Waals surface area (Å²) in [4.78, 5) is 64.1. The van der Waals surface area contributed by atoms with Crippen LogP contribution >= 0.6 is 0 Å². The molecule has 0 radical (unpaired) electrons. The highest BCUT2D eigenvalue weighted by atomic mass is 16.2. The molecule has 0 spiro atoms. The van der Waals surface area contributed by atoms with Gasteiger partial charge in [-0.3, -0.25) is 24.0 Å². The number of carbonyl (C=O) groups is 5. The summed E-state index contributed by atoms with van der Waals surface area (Å²) < 4.78 is 0.533. The molecule has 0 aliphatic rings. The standard InChI is InChI=1S/C32H45N5O5/c1-8-22(27(33)39)18-32(4,19-31(2,3)29(41)36-21-37(5,6)7)30(42)35-20-34-28(40)25-16-14-24(15-17-25)26(38)23-12-10-9-11-13-23/h9-17,22H,8,18-21H2,1-7H3,(H4-,33,34,35,36,39,40,41,42)/p+1. The number of nitrogens with zero attached hydrogens (tertiary/aromatic N) is 1. The highest BCUT2D eigenvalue weighted by Crippen LogP contribution is 2.40. The molecule has 0 bridgehead atoms. The van der Waals surface area contributed by atoms with Crippen molar-refractivity contribution in [3.05, 3.63) is 71.3 Å². The van der Waals surface area contributed by atoms with Gasteiger partial charge in [0.1, 0.15) is 0 Å². The van der Waals surface area contributed by atoms with Crippen LogP contribution in [0.3, 0.4) is 0 Å². The second kappa shape index (κ2) is 14.2. The lowest BCUT2D eigenvalue weighted by molar-refractivity contribution is -0.872. The van der Waals surface area contributed by atoms with E-state index in [1.807, 2.05) is 34.1 Å². The summed E-state index contributed by atoms with van der Waals surface area (Å²) in [5.41, 5.74) is 4.88. The quantitative estimate of drug-likeness (QED) is 0.145. The van der Waals surface area contributed by atoms with Gasteiger partial charge in [0, 0.05) is 33.4 Å². The second-order valence-corrected chi connectivity index (χ2v) is 12.7. The first-order valence-electron chi connectivity index (χ1n) is 14.1. The van der Waals surface area contributed by atoms with E-state index in [2.05, 4.69) is 16.0 Å². The summed E-state index contributed by atoms with van der Waals surface area (Å²) >= 11 is 0. The van der Waals surface area contributed by atoms with Gasteiger partial charge >= 0.3 is 0 Å². The van der Waals surface area contributed by atoms with E-state index in [0.717, 1.165) is 0 Å². The molecule has 2 aromatic rings. The van der Waals surface area contributed by atoms with Gasteiger partial charge in [-0.25, -0.2) is 0 Å². The molecule has 4 amide bonds. The summed E-state index contributed by atoms with van der Waals surface area (Å²) in [6, 6.07) is 15.1. The fourth-order valence-electron chi connectivity index (χ4n) is 4.89. The van der Waals surface area contributed by atoms with Crippen LogP contribution in [0.2, 0.25) is 0 Å². The van der Waals surface area contributed by atoms with Crippen LogP contribution in [0.1, 0.15) is 73.2 Å². The molecule has 228 valence electrons. The predicted molar refractivity (Wildman–Crippen MR) is 162 cm³/mol. The third-order valence-electron chi connectivity index (χ3n) is 7.24. The second-order valence-electron chi connectivity index (χ2n) is 12.7. The van der Waals surface area contributed by atoms with Crippen LogP contribution in [0.5, 0.6) is 0 Å². The minimum atomic E-state index is -1.13. The molecular formula is C32H46N5O5+. The predicted octanol–water partition coefficient (Wildman–Crippen LogP) is 2.83. The Labute approximate surface area is 249 Å². The van der Waals surface area contributed by atoms with Gasteiger partial charge < -0.3 is 26.2 Å². The van der Waals surface area contributed by atoms with Crippen LogP contribution in [0.4, 0.5) is 0 Å². The Hall–Kier alpha value is -4.05. The van der Waals surface area contributed by atoms with Gasteiger partial charge in [-0.2, -0.15) is 0 Å². The van der Waals surface area contributed by atoms with Crippen molar-refractivity contribution in [2.75, 3.05) is 34.5 Å². The Bertz CT molecular complexity index is 1270. The van der Waals surface area contributed by atoms with Crippen molar-refractivity contribution in [2.24, 2.45) is 22.5 Å². The van der Waals surface area contributed by atoms with E-state index < -0.39 is 34.5 Å². The minimum absolute atomic E-state index is 0.149. The first kappa shape index (κ1) is 34.2. The molecule has 2 rings (SSSR count). The maximum Gasteiger partial charge on any atom is 0.252 e. The molecule has 10 heteroatoms. The van der Waals surface area contributed by atoms with Crippen LogP contribution in [0.25, 0.3) is 0 Å². The van der Waals surface area contributed by atoms with Crippen LogP contribution in [0.15, 0.2) is 54.6 Å². The Balaban J connectivity index is 2.10. The Morgan fingerprint density at radius 3 is 1.86 bits per heavy atom. The molecule has 0 saturated heterocycles. The summed E-state index contributed by atoms with van der Waals surface area (Å²) in [6.45, 7) is 7.32. The van der Waals surface area contributed by atoms with Gasteiger partial charge in [-0.1, -0.05) is 70.2 Å². The average Bonchev–Trinajstić information content (AvgIpc) is 2.93. The largest absolute Gasteiger partial charge is 0.369 e. The van der Waals surface area contributed by atoms with Gasteiger partial charge in [0.05, 0.1) is 27.8 Å². The molecule has 0 saturated carbocycles. The number of ketones is 1. The molecule has 2 atom stereocenters. The molecule has 5 N–H and O–H groups in total. The van der Waals surface area contributed by atoms with Crippen molar-refractivity contribution in [3.8, 4) is 0 Å². The van der Waals surface area contributed by atoms with Gasteiger partial charge in [-0.15, -0.1) is 0 Å². The zero-order valence-corrected chi connectivity index (χ0v) is 25.9. The fraction of sp³-hybridized carbons (Fsp3) is 0.469. The molecule has 42 heavy (non-hydrogen) atoms. The topological polar surface area (TPSA) is 147 Å². The summed E-state index contributed by atoms with van der Waals surface area (Å²) in [5.74, 6) is -2.25. The molecule has 0 fully saturated rings. The highest BCUT2D eigenvalue weighted by Gasteiger charge is 2.44. The number of rotatable bonds is 15. The summed E-state index contributed by atoms with van der Waals surface area (Å²) in [5, 5.41) is 8.36. The van der Waals surface area contributed by atoms with Crippen molar-refractivity contribution >= 4 is 29.4 Å². The number of quaternary nitrogens is 1. The van der Waals surface area contributed by atoms with Crippen molar-refractivity contribution < 1.29 is 28.5 Å². The number of nitrogens with two attached hydrogens (primary N) is 1. The molecule has 0 aliphatic carbocycles. The van der Waals surface area contributed by atoms with Crippen molar-refractivity contribution in [1.29, 1.82) is 0 Å². The molecule has 2 unspecified atom stereocenters. The van der Waals surface area contributed by atoms with Gasteiger partial charge in [0.2, 0.25) is 17.7 Å². The number of hydrogen-bond donors (Lipinski definition) is 4. The maximum atomic E-state index is 13.5. The van der Waals surface area contributed by atoms with E-state index in [-0.39, 0.29) is 31.2 Å². The van der Waals surface area contributed by atoms with Crippen LogP contribution in [-0.2, 0) is 14.4 Å². The molecule has 10 nitrogen and oxygen atoms in total. The number of nitrogens with one attached hydrogen (secondary N) is 3. The lowest BCUT2D eigenvalue weighted by Gasteiger charge is -2.37. The minimum Gasteiger partial charge on any atom is -0.369 e. The van der Waals surface area contributed by atoms with E-state index in [0.29, 0.717) is 34.3 Å². The monoisotopic (exact) mass is 580 g/mol. The van der Waals surface area contributed by atoms with Crippen molar-refractivity contribution in [1.82, 2.24) is 16.0 Å².